The maximum atomic E-state index is 11.6. The van der Waals surface area contributed by atoms with Gasteiger partial charge in [-0.15, -0.1) is 0 Å². The largest absolute Gasteiger partial charge is 1.00 e. The SMILES string of the molecule is CCCCCCCCCCCc1cc2ccccc2cc1S(=O)(=O)[O-].[K+]. The van der Waals surface area contributed by atoms with Gasteiger partial charge in [-0.2, -0.15) is 0 Å². The van der Waals surface area contributed by atoms with Crippen LogP contribution in [0.15, 0.2) is 41.3 Å². The topological polar surface area (TPSA) is 57.2 Å². The van der Waals surface area contributed by atoms with Crippen molar-refractivity contribution in [3.05, 3.63) is 42.0 Å². The Labute approximate surface area is 201 Å². The van der Waals surface area contributed by atoms with Crippen molar-refractivity contribution in [1.29, 1.82) is 0 Å². The first kappa shape index (κ1) is 24.3. The fraction of sp³-hybridized carbons (Fsp3) is 0.524. The van der Waals surface area contributed by atoms with E-state index in [1.165, 1.54) is 51.0 Å². The summed E-state index contributed by atoms with van der Waals surface area (Å²) in [6.45, 7) is 2.23. The maximum absolute atomic E-state index is 11.6. The molecule has 0 aliphatic rings. The Morgan fingerprint density at radius 2 is 1.31 bits per heavy atom. The Hall–Kier alpha value is 0.246. The summed E-state index contributed by atoms with van der Waals surface area (Å²) in [6.07, 6.45) is 11.6. The van der Waals surface area contributed by atoms with E-state index >= 15 is 0 Å². The molecule has 0 atom stereocenters. The van der Waals surface area contributed by atoms with Crippen molar-refractivity contribution >= 4 is 20.9 Å². The van der Waals surface area contributed by atoms with Crippen molar-refractivity contribution in [2.45, 2.75) is 76.0 Å². The van der Waals surface area contributed by atoms with Crippen molar-refractivity contribution < 1.29 is 64.4 Å². The molecule has 0 heterocycles. The molecule has 0 bridgehead atoms. The van der Waals surface area contributed by atoms with Gasteiger partial charge in [-0.3, -0.25) is 0 Å². The van der Waals surface area contributed by atoms with Crippen molar-refractivity contribution in [2.24, 2.45) is 0 Å². The quantitative estimate of drug-likeness (QED) is 0.331. The summed E-state index contributed by atoms with van der Waals surface area (Å²) in [7, 11) is -4.44. The van der Waals surface area contributed by atoms with Gasteiger partial charge in [-0.25, -0.2) is 8.42 Å². The summed E-state index contributed by atoms with van der Waals surface area (Å²) in [6, 6.07) is 11.0. The summed E-state index contributed by atoms with van der Waals surface area (Å²) in [5.74, 6) is 0. The number of fused-ring (bicyclic) bond motifs is 1. The van der Waals surface area contributed by atoms with E-state index < -0.39 is 10.1 Å². The molecule has 0 radical (unpaired) electrons. The van der Waals surface area contributed by atoms with Crippen LogP contribution in [0.3, 0.4) is 0 Å². The van der Waals surface area contributed by atoms with E-state index in [2.05, 4.69) is 6.92 Å². The van der Waals surface area contributed by atoms with Crippen molar-refractivity contribution in [3.63, 3.8) is 0 Å². The molecule has 0 saturated carbocycles. The summed E-state index contributed by atoms with van der Waals surface area (Å²) >= 11 is 0. The van der Waals surface area contributed by atoms with E-state index in [0.717, 1.165) is 23.6 Å². The number of rotatable bonds is 11. The molecule has 0 amide bonds. The van der Waals surface area contributed by atoms with Gasteiger partial charge in [0.15, 0.2) is 0 Å². The molecule has 0 aromatic heterocycles. The number of aryl methyl sites for hydroxylation is 1. The van der Waals surface area contributed by atoms with Crippen LogP contribution < -0.4 is 51.4 Å². The third-order valence-corrected chi connectivity index (χ3v) is 5.67. The van der Waals surface area contributed by atoms with Gasteiger partial charge in [-0.05, 0) is 41.3 Å². The van der Waals surface area contributed by atoms with Crippen LogP contribution in [-0.2, 0) is 16.5 Å². The molecule has 0 spiro atoms. The summed E-state index contributed by atoms with van der Waals surface area (Å²) in [5.41, 5.74) is 0.664. The molecule has 138 valence electrons. The summed E-state index contributed by atoms with van der Waals surface area (Å²) in [4.78, 5) is -0.0502. The zero-order chi connectivity index (χ0) is 18.1. The van der Waals surface area contributed by atoms with Crippen LogP contribution in [0.4, 0.5) is 0 Å². The minimum absolute atomic E-state index is 0. The van der Waals surface area contributed by atoms with Crippen LogP contribution in [0, 0.1) is 0 Å². The van der Waals surface area contributed by atoms with Crippen LogP contribution in [-0.4, -0.2) is 13.0 Å². The molecule has 2 aromatic rings. The Bertz CT molecular complexity index is 772. The molecule has 3 nitrogen and oxygen atoms in total. The fourth-order valence-corrected chi connectivity index (χ4v) is 4.07. The predicted molar refractivity (Wildman–Crippen MR) is 103 cm³/mol. The van der Waals surface area contributed by atoms with Gasteiger partial charge in [0.05, 0.1) is 4.90 Å². The third kappa shape index (κ3) is 8.09. The van der Waals surface area contributed by atoms with Gasteiger partial charge in [-0.1, -0.05) is 82.6 Å². The molecule has 0 fully saturated rings. The average Bonchev–Trinajstić information content (AvgIpc) is 2.58. The summed E-state index contributed by atoms with van der Waals surface area (Å²) in [5, 5.41) is 1.79. The molecule has 5 heteroatoms. The standard InChI is InChI=1S/C21H30O3S.K/c1-2-3-4-5-6-7-8-9-10-15-20-16-18-13-11-12-14-19(18)17-21(20)25(22,23)24;/h11-14,16-17H,2-10,15H2,1H3,(H,22,23,24);/q;+1/p-1. The Morgan fingerprint density at radius 3 is 1.85 bits per heavy atom. The third-order valence-electron chi connectivity index (χ3n) is 4.75. The van der Waals surface area contributed by atoms with Crippen LogP contribution in [0.2, 0.25) is 0 Å². The molecule has 0 aliphatic carbocycles. The second kappa shape index (κ2) is 12.7. The Kier molecular flexibility index (Phi) is 11.8. The number of hydrogen-bond donors (Lipinski definition) is 0. The van der Waals surface area contributed by atoms with Crippen LogP contribution in [0.25, 0.3) is 10.8 Å². The first-order valence-electron chi connectivity index (χ1n) is 9.50. The average molecular weight is 401 g/mol. The molecular formula is C21H29KO3S. The molecule has 0 aliphatic heterocycles. The van der Waals surface area contributed by atoms with E-state index in [1.807, 2.05) is 30.3 Å². The zero-order valence-electron chi connectivity index (χ0n) is 16.2. The van der Waals surface area contributed by atoms with E-state index in [4.69, 9.17) is 0 Å². The van der Waals surface area contributed by atoms with Crippen molar-refractivity contribution in [2.75, 3.05) is 0 Å². The number of hydrogen-bond acceptors (Lipinski definition) is 3. The maximum Gasteiger partial charge on any atom is 1.00 e. The van der Waals surface area contributed by atoms with E-state index in [1.54, 1.807) is 0 Å². The van der Waals surface area contributed by atoms with Crippen LogP contribution in [0.5, 0.6) is 0 Å². The normalized spacial score (nSPS) is 11.5. The summed E-state index contributed by atoms with van der Waals surface area (Å²) < 4.78 is 34.8. The smallest absolute Gasteiger partial charge is 0.744 e. The molecule has 2 aromatic carbocycles. The van der Waals surface area contributed by atoms with Gasteiger partial charge in [0, 0.05) is 0 Å². The van der Waals surface area contributed by atoms with E-state index in [0.29, 0.717) is 12.0 Å². The zero-order valence-corrected chi connectivity index (χ0v) is 20.1. The van der Waals surface area contributed by atoms with Crippen LogP contribution >= 0.6 is 0 Å². The van der Waals surface area contributed by atoms with E-state index in [-0.39, 0.29) is 56.3 Å². The molecule has 26 heavy (non-hydrogen) atoms. The monoisotopic (exact) mass is 400 g/mol. The first-order chi connectivity index (χ1) is 12.0. The first-order valence-corrected chi connectivity index (χ1v) is 10.9. The minimum atomic E-state index is -4.44. The van der Waals surface area contributed by atoms with Crippen molar-refractivity contribution in [1.82, 2.24) is 0 Å². The van der Waals surface area contributed by atoms with E-state index in [9.17, 15) is 13.0 Å². The number of unbranched alkanes of at least 4 members (excludes halogenated alkanes) is 8. The Balaban J connectivity index is 0.00000338. The van der Waals surface area contributed by atoms with Crippen LogP contribution in [0.1, 0.15) is 70.3 Å². The second-order valence-electron chi connectivity index (χ2n) is 6.84. The van der Waals surface area contributed by atoms with Crippen molar-refractivity contribution in [3.8, 4) is 0 Å². The van der Waals surface area contributed by atoms with Gasteiger partial charge < -0.3 is 4.55 Å². The van der Waals surface area contributed by atoms with Gasteiger partial charge in [0.1, 0.15) is 10.1 Å². The molecule has 2 rings (SSSR count). The van der Waals surface area contributed by atoms with Gasteiger partial charge >= 0.3 is 51.4 Å². The number of benzene rings is 2. The second-order valence-corrected chi connectivity index (χ2v) is 8.19. The fourth-order valence-electron chi connectivity index (χ4n) is 3.32. The minimum Gasteiger partial charge on any atom is -0.744 e. The molecular weight excluding hydrogens is 371 g/mol. The Morgan fingerprint density at radius 1 is 0.808 bits per heavy atom. The predicted octanol–water partition coefficient (Wildman–Crippen LogP) is 2.82. The molecule has 0 saturated heterocycles. The van der Waals surface area contributed by atoms with Gasteiger partial charge in [0.25, 0.3) is 0 Å². The van der Waals surface area contributed by atoms with Gasteiger partial charge in [0.2, 0.25) is 0 Å². The molecule has 0 unspecified atom stereocenters. The molecule has 0 N–H and O–H groups in total.